The Hall–Kier alpha value is -1.33. The molecule has 0 spiro atoms. The van der Waals surface area contributed by atoms with Crippen LogP contribution < -0.4 is 14.8 Å². The monoisotopic (exact) mass is 325 g/mol. The van der Waals surface area contributed by atoms with Crippen LogP contribution in [0, 0.1) is 17.2 Å². The van der Waals surface area contributed by atoms with Crippen molar-refractivity contribution in [3.05, 3.63) is 23.5 Å². The van der Waals surface area contributed by atoms with E-state index in [0.29, 0.717) is 23.0 Å². The van der Waals surface area contributed by atoms with Crippen molar-refractivity contribution < 1.29 is 18.6 Å². The summed E-state index contributed by atoms with van der Waals surface area (Å²) < 4.78 is 30.4. The van der Waals surface area contributed by atoms with Crippen molar-refractivity contribution in [2.45, 2.75) is 45.9 Å². The number of hydrogen-bond donors (Lipinski definition) is 1. The molecule has 5 heteroatoms. The van der Waals surface area contributed by atoms with Crippen molar-refractivity contribution in [1.29, 1.82) is 0 Å². The maximum absolute atomic E-state index is 14.4. The van der Waals surface area contributed by atoms with Gasteiger partial charge in [-0.15, -0.1) is 0 Å². The molecule has 1 aromatic carbocycles. The van der Waals surface area contributed by atoms with E-state index in [1.165, 1.54) is 13.2 Å². The highest BCUT2D eigenvalue weighted by molar-refractivity contribution is 5.44. The van der Waals surface area contributed by atoms with E-state index in [-0.39, 0.29) is 29.4 Å². The Morgan fingerprint density at radius 1 is 1.13 bits per heavy atom. The summed E-state index contributed by atoms with van der Waals surface area (Å²) in [6, 6.07) is 3.20. The minimum absolute atomic E-state index is 0.00938. The predicted molar refractivity (Wildman–Crippen MR) is 88.6 cm³/mol. The van der Waals surface area contributed by atoms with Crippen LogP contribution >= 0.6 is 0 Å². The molecule has 130 valence electrons. The van der Waals surface area contributed by atoms with Gasteiger partial charge in [-0.05, 0) is 18.9 Å². The zero-order valence-electron chi connectivity index (χ0n) is 15.1. The molecule has 2 rings (SSSR count). The molecule has 1 aliphatic rings. The lowest BCUT2D eigenvalue weighted by atomic mass is 9.57. The number of benzene rings is 1. The molecule has 1 fully saturated rings. The molecule has 0 aromatic heterocycles. The van der Waals surface area contributed by atoms with Crippen LogP contribution in [0.15, 0.2) is 12.1 Å². The highest BCUT2D eigenvalue weighted by atomic mass is 19.1. The van der Waals surface area contributed by atoms with Crippen LogP contribution in [0.25, 0.3) is 0 Å². The number of nitrogens with one attached hydrogen (secondary N) is 1. The lowest BCUT2D eigenvalue weighted by Gasteiger charge is -2.57. The quantitative estimate of drug-likeness (QED) is 0.868. The molecule has 0 aliphatic heterocycles. The zero-order chi connectivity index (χ0) is 17.4. The largest absolute Gasteiger partial charge is 0.493 e. The van der Waals surface area contributed by atoms with Gasteiger partial charge in [0.15, 0.2) is 11.5 Å². The minimum Gasteiger partial charge on any atom is -0.493 e. The molecule has 4 atom stereocenters. The summed E-state index contributed by atoms with van der Waals surface area (Å²) in [4.78, 5) is 0. The van der Waals surface area contributed by atoms with Gasteiger partial charge in [0.1, 0.15) is 5.82 Å². The van der Waals surface area contributed by atoms with E-state index in [1.54, 1.807) is 20.3 Å². The summed E-state index contributed by atoms with van der Waals surface area (Å²) in [5.41, 5.74) is 0.585. The number of halogens is 1. The van der Waals surface area contributed by atoms with Gasteiger partial charge >= 0.3 is 0 Å². The molecule has 0 heterocycles. The second kappa shape index (κ2) is 6.65. The molecule has 0 amide bonds. The minimum atomic E-state index is -0.296. The molecule has 0 bridgehead atoms. The molecular formula is C18H28FNO3. The van der Waals surface area contributed by atoms with Crippen molar-refractivity contribution in [1.82, 2.24) is 5.32 Å². The fraction of sp³-hybridized carbons (Fsp3) is 0.667. The highest BCUT2D eigenvalue weighted by Crippen LogP contribution is 2.48. The fourth-order valence-corrected chi connectivity index (χ4v) is 4.03. The van der Waals surface area contributed by atoms with E-state index in [0.717, 1.165) is 0 Å². The first-order valence-electron chi connectivity index (χ1n) is 7.98. The third kappa shape index (κ3) is 3.04. The van der Waals surface area contributed by atoms with Crippen LogP contribution in [0.3, 0.4) is 0 Å². The Morgan fingerprint density at radius 3 is 2.17 bits per heavy atom. The molecule has 1 aromatic rings. The van der Waals surface area contributed by atoms with Gasteiger partial charge < -0.3 is 19.5 Å². The van der Waals surface area contributed by atoms with Crippen LogP contribution in [0.4, 0.5) is 4.39 Å². The van der Waals surface area contributed by atoms with Gasteiger partial charge in [-0.1, -0.05) is 20.8 Å². The number of hydrogen-bond acceptors (Lipinski definition) is 4. The van der Waals surface area contributed by atoms with Crippen molar-refractivity contribution in [2.75, 3.05) is 21.3 Å². The Labute approximate surface area is 138 Å². The number of methoxy groups -OCH3 is 3. The molecule has 0 radical (unpaired) electrons. The van der Waals surface area contributed by atoms with Gasteiger partial charge in [0.25, 0.3) is 0 Å². The standard InChI is InChI=1S/C18H28FNO3/c1-10-16(18(3,4)17(10)23-7)20-11(2)12-8-14(21-5)15(22-6)9-13(12)19/h8-11,16-17,20H,1-7H3. The lowest BCUT2D eigenvalue weighted by molar-refractivity contribution is -0.147. The fourth-order valence-electron chi connectivity index (χ4n) is 4.03. The van der Waals surface area contributed by atoms with Gasteiger partial charge in [0.2, 0.25) is 0 Å². The zero-order valence-corrected chi connectivity index (χ0v) is 15.1. The van der Waals surface area contributed by atoms with E-state index >= 15 is 0 Å². The van der Waals surface area contributed by atoms with Gasteiger partial charge in [-0.2, -0.15) is 0 Å². The smallest absolute Gasteiger partial charge is 0.163 e. The first kappa shape index (κ1) is 18.0. The van der Waals surface area contributed by atoms with Gasteiger partial charge in [-0.3, -0.25) is 0 Å². The maximum atomic E-state index is 14.4. The summed E-state index contributed by atoms with van der Waals surface area (Å²) in [5.74, 6) is 1.02. The SMILES string of the molecule is COc1cc(F)c(C(C)NC2C(C)C(OC)C2(C)C)cc1OC. The molecule has 4 nitrogen and oxygen atoms in total. The van der Waals surface area contributed by atoms with E-state index in [2.05, 4.69) is 26.1 Å². The van der Waals surface area contributed by atoms with Crippen molar-refractivity contribution in [3.8, 4) is 11.5 Å². The third-order valence-corrected chi connectivity index (χ3v) is 5.19. The van der Waals surface area contributed by atoms with Crippen molar-refractivity contribution in [3.63, 3.8) is 0 Å². The number of ether oxygens (including phenoxy) is 3. The highest BCUT2D eigenvalue weighted by Gasteiger charge is 2.54. The normalized spacial score (nSPS) is 27.2. The van der Waals surface area contributed by atoms with Crippen molar-refractivity contribution >= 4 is 0 Å². The van der Waals surface area contributed by atoms with E-state index < -0.39 is 0 Å². The Balaban J connectivity index is 2.20. The summed E-state index contributed by atoms with van der Waals surface area (Å²) >= 11 is 0. The predicted octanol–water partition coefficient (Wildman–Crippen LogP) is 3.55. The molecule has 1 saturated carbocycles. The van der Waals surface area contributed by atoms with Crippen LogP contribution in [0.2, 0.25) is 0 Å². The van der Waals surface area contributed by atoms with Gasteiger partial charge in [-0.25, -0.2) is 4.39 Å². The van der Waals surface area contributed by atoms with Crippen LogP contribution in [-0.2, 0) is 4.74 Å². The molecule has 1 N–H and O–H groups in total. The van der Waals surface area contributed by atoms with Crippen LogP contribution in [0.1, 0.15) is 39.3 Å². The molecule has 4 unspecified atom stereocenters. The van der Waals surface area contributed by atoms with Crippen molar-refractivity contribution in [2.24, 2.45) is 11.3 Å². The van der Waals surface area contributed by atoms with E-state index in [4.69, 9.17) is 14.2 Å². The second-order valence-corrected chi connectivity index (χ2v) is 6.93. The van der Waals surface area contributed by atoms with Gasteiger partial charge in [0.05, 0.1) is 20.3 Å². The van der Waals surface area contributed by atoms with E-state index in [9.17, 15) is 4.39 Å². The number of rotatable bonds is 6. The molecular weight excluding hydrogens is 297 g/mol. The molecule has 23 heavy (non-hydrogen) atoms. The summed E-state index contributed by atoms with van der Waals surface area (Å²) in [7, 11) is 4.80. The van der Waals surface area contributed by atoms with Crippen LogP contribution in [-0.4, -0.2) is 33.5 Å². The topological polar surface area (TPSA) is 39.7 Å². The Bertz CT molecular complexity index is 561. The second-order valence-electron chi connectivity index (χ2n) is 6.93. The summed E-state index contributed by atoms with van der Waals surface area (Å²) in [5, 5.41) is 3.55. The summed E-state index contributed by atoms with van der Waals surface area (Å²) in [6.07, 6.45) is 0.211. The third-order valence-electron chi connectivity index (χ3n) is 5.19. The maximum Gasteiger partial charge on any atom is 0.163 e. The molecule has 1 aliphatic carbocycles. The summed E-state index contributed by atoms with van der Waals surface area (Å²) in [6.45, 7) is 8.48. The average molecular weight is 325 g/mol. The molecule has 0 saturated heterocycles. The first-order valence-corrected chi connectivity index (χ1v) is 7.98. The average Bonchev–Trinajstić information content (AvgIpc) is 2.52. The first-order chi connectivity index (χ1) is 10.8. The van der Waals surface area contributed by atoms with Gasteiger partial charge in [0, 0.05) is 36.2 Å². The Kier molecular flexibility index (Phi) is 5.21. The van der Waals surface area contributed by atoms with E-state index in [1.807, 2.05) is 6.92 Å². The Morgan fingerprint density at radius 2 is 1.70 bits per heavy atom. The van der Waals surface area contributed by atoms with Crippen LogP contribution in [0.5, 0.6) is 11.5 Å². The lowest BCUT2D eigenvalue weighted by Crippen LogP contribution is -2.67.